The van der Waals surface area contributed by atoms with Crippen molar-refractivity contribution in [1.82, 2.24) is 10.7 Å². The van der Waals surface area contributed by atoms with Crippen LogP contribution in [0.3, 0.4) is 0 Å². The van der Waals surface area contributed by atoms with Gasteiger partial charge in [-0.3, -0.25) is 9.59 Å². The highest BCUT2D eigenvalue weighted by Gasteiger charge is 2.09. The number of nitrogens with one attached hydrogen (secondary N) is 2. The van der Waals surface area contributed by atoms with E-state index in [1.807, 2.05) is 6.07 Å². The lowest BCUT2D eigenvalue weighted by Crippen LogP contribution is -2.29. The minimum Gasteiger partial charge on any atom is -0.507 e. The van der Waals surface area contributed by atoms with Crippen molar-refractivity contribution in [2.24, 2.45) is 5.10 Å². The first kappa shape index (κ1) is 17.7. The molecule has 0 aliphatic heterocycles. The van der Waals surface area contributed by atoms with Crippen LogP contribution in [0, 0.1) is 0 Å². The number of para-hydroxylation sites is 1. The fraction of sp³-hybridized carbons (Fsp3) is 0.118. The molecule has 0 unspecified atom stereocenters. The van der Waals surface area contributed by atoms with E-state index in [0.29, 0.717) is 15.6 Å². The molecule has 3 N–H and O–H groups in total. The Balaban J connectivity index is 1.75. The van der Waals surface area contributed by atoms with Crippen LogP contribution in [0.15, 0.2) is 58.1 Å². The number of nitrogens with zero attached hydrogens (tertiary/aromatic N) is 1. The number of rotatable bonds is 6. The summed E-state index contributed by atoms with van der Waals surface area (Å²) in [6.45, 7) is 0.193. The average molecular weight is 390 g/mol. The van der Waals surface area contributed by atoms with Gasteiger partial charge in [-0.1, -0.05) is 24.3 Å². The summed E-state index contributed by atoms with van der Waals surface area (Å²) < 4.78 is 0.694. The first-order valence-electron chi connectivity index (χ1n) is 7.20. The van der Waals surface area contributed by atoms with Crippen LogP contribution in [-0.4, -0.2) is 29.7 Å². The van der Waals surface area contributed by atoms with Gasteiger partial charge in [-0.25, -0.2) is 5.43 Å². The molecule has 2 aromatic carbocycles. The number of carbonyl (C=O) groups excluding carboxylic acids is 2. The zero-order valence-corrected chi connectivity index (χ0v) is 14.3. The molecule has 0 radical (unpaired) electrons. The van der Waals surface area contributed by atoms with Gasteiger partial charge in [0.25, 0.3) is 5.91 Å². The van der Waals surface area contributed by atoms with Crippen molar-refractivity contribution in [3.05, 3.63) is 64.1 Å². The summed E-state index contributed by atoms with van der Waals surface area (Å²) in [5, 5.41) is 16.0. The SMILES string of the molecule is O=C(CCNC(=O)c1ccccc1Br)NN=Cc1ccccc1O. The number of carbonyl (C=O) groups is 2. The number of halogens is 1. The van der Waals surface area contributed by atoms with Crippen molar-refractivity contribution in [3.8, 4) is 5.75 Å². The Bertz CT molecular complexity index is 762. The summed E-state index contributed by atoms with van der Waals surface area (Å²) >= 11 is 3.30. The predicted octanol–water partition coefficient (Wildman–Crippen LogP) is 2.42. The molecule has 0 aliphatic rings. The van der Waals surface area contributed by atoms with E-state index in [1.54, 1.807) is 36.4 Å². The van der Waals surface area contributed by atoms with Crippen LogP contribution in [0.25, 0.3) is 0 Å². The summed E-state index contributed by atoms with van der Waals surface area (Å²) in [7, 11) is 0. The second-order valence-electron chi connectivity index (χ2n) is 4.84. The third-order valence-corrected chi connectivity index (χ3v) is 3.78. The number of phenolic OH excluding ortho intramolecular Hbond substituents is 1. The van der Waals surface area contributed by atoms with E-state index < -0.39 is 0 Å². The number of aromatic hydroxyl groups is 1. The van der Waals surface area contributed by atoms with Gasteiger partial charge in [0.2, 0.25) is 5.91 Å². The van der Waals surface area contributed by atoms with Crippen molar-refractivity contribution in [3.63, 3.8) is 0 Å². The Morgan fingerprint density at radius 3 is 2.58 bits per heavy atom. The average Bonchev–Trinajstić information content (AvgIpc) is 2.57. The summed E-state index contributed by atoms with van der Waals surface area (Å²) in [6.07, 6.45) is 1.45. The largest absolute Gasteiger partial charge is 0.507 e. The monoisotopic (exact) mass is 389 g/mol. The number of phenols is 1. The van der Waals surface area contributed by atoms with Crippen molar-refractivity contribution >= 4 is 34.0 Å². The van der Waals surface area contributed by atoms with Gasteiger partial charge in [-0.05, 0) is 40.2 Å². The maximum absolute atomic E-state index is 12.0. The molecule has 0 bridgehead atoms. The normalized spacial score (nSPS) is 10.5. The van der Waals surface area contributed by atoms with E-state index in [-0.39, 0.29) is 30.5 Å². The molecule has 0 aliphatic carbocycles. The highest BCUT2D eigenvalue weighted by Crippen LogP contribution is 2.15. The van der Waals surface area contributed by atoms with Gasteiger partial charge < -0.3 is 10.4 Å². The van der Waals surface area contributed by atoms with Crippen molar-refractivity contribution < 1.29 is 14.7 Å². The maximum Gasteiger partial charge on any atom is 0.252 e. The van der Waals surface area contributed by atoms with Gasteiger partial charge >= 0.3 is 0 Å². The molecular weight excluding hydrogens is 374 g/mol. The first-order valence-corrected chi connectivity index (χ1v) is 8.00. The molecule has 2 rings (SSSR count). The summed E-state index contributed by atoms with van der Waals surface area (Å²) in [5.41, 5.74) is 3.35. The van der Waals surface area contributed by atoms with Crippen molar-refractivity contribution in [1.29, 1.82) is 0 Å². The van der Waals surface area contributed by atoms with Crippen LogP contribution in [0.1, 0.15) is 22.3 Å². The summed E-state index contributed by atoms with van der Waals surface area (Å²) in [6, 6.07) is 13.7. The molecule has 0 saturated heterocycles. The number of amides is 2. The third kappa shape index (κ3) is 5.20. The second kappa shape index (κ2) is 8.83. The molecule has 24 heavy (non-hydrogen) atoms. The Labute approximate surface area is 147 Å². The molecule has 7 heteroatoms. The van der Waals surface area contributed by atoms with Gasteiger partial charge in [0.1, 0.15) is 5.75 Å². The van der Waals surface area contributed by atoms with Gasteiger partial charge in [-0.15, -0.1) is 0 Å². The fourth-order valence-corrected chi connectivity index (χ4v) is 2.32. The van der Waals surface area contributed by atoms with Gasteiger partial charge in [0.05, 0.1) is 11.8 Å². The Morgan fingerprint density at radius 1 is 1.12 bits per heavy atom. The predicted molar refractivity (Wildman–Crippen MR) is 94.9 cm³/mol. The molecule has 0 saturated carbocycles. The molecule has 6 nitrogen and oxygen atoms in total. The van der Waals surface area contributed by atoms with Crippen molar-refractivity contribution in [2.45, 2.75) is 6.42 Å². The molecular formula is C17H16BrN3O3. The Hall–Kier alpha value is -2.67. The molecule has 0 heterocycles. The standard InChI is InChI=1S/C17H16BrN3O3/c18-14-7-3-2-6-13(14)17(24)19-10-9-16(23)21-20-11-12-5-1-4-8-15(12)22/h1-8,11,22H,9-10H2,(H,19,24)(H,21,23). The van der Waals surface area contributed by atoms with E-state index in [9.17, 15) is 14.7 Å². The first-order chi connectivity index (χ1) is 11.6. The van der Waals surface area contributed by atoms with Gasteiger partial charge in [0.15, 0.2) is 0 Å². The Morgan fingerprint density at radius 2 is 1.83 bits per heavy atom. The molecule has 0 atom stereocenters. The van der Waals surface area contributed by atoms with Crippen molar-refractivity contribution in [2.75, 3.05) is 6.54 Å². The zero-order valence-electron chi connectivity index (χ0n) is 12.7. The van der Waals surface area contributed by atoms with E-state index in [0.717, 1.165) is 0 Å². The van der Waals surface area contributed by atoms with Crippen LogP contribution in [-0.2, 0) is 4.79 Å². The van der Waals surface area contributed by atoms with E-state index >= 15 is 0 Å². The lowest BCUT2D eigenvalue weighted by Gasteiger charge is -2.06. The molecule has 2 aromatic rings. The van der Waals surface area contributed by atoms with Gasteiger partial charge in [-0.2, -0.15) is 5.10 Å². The third-order valence-electron chi connectivity index (χ3n) is 3.09. The number of hydrazone groups is 1. The van der Waals surface area contributed by atoms with Crippen LogP contribution >= 0.6 is 15.9 Å². The van der Waals surface area contributed by atoms with Crippen LogP contribution in [0.2, 0.25) is 0 Å². The highest BCUT2D eigenvalue weighted by molar-refractivity contribution is 9.10. The van der Waals surface area contributed by atoms with E-state index in [2.05, 4.69) is 31.8 Å². The highest BCUT2D eigenvalue weighted by atomic mass is 79.9. The van der Waals surface area contributed by atoms with Crippen LogP contribution in [0.4, 0.5) is 0 Å². The zero-order chi connectivity index (χ0) is 17.4. The van der Waals surface area contributed by atoms with E-state index in [1.165, 1.54) is 12.3 Å². The van der Waals surface area contributed by atoms with E-state index in [4.69, 9.17) is 0 Å². The maximum atomic E-state index is 12.0. The molecule has 0 aromatic heterocycles. The lowest BCUT2D eigenvalue weighted by atomic mass is 10.2. The minimum absolute atomic E-state index is 0.0798. The lowest BCUT2D eigenvalue weighted by molar-refractivity contribution is -0.120. The molecule has 2 amide bonds. The summed E-state index contributed by atoms with van der Waals surface area (Å²) in [5.74, 6) is -0.515. The smallest absolute Gasteiger partial charge is 0.252 e. The quantitative estimate of drug-likeness (QED) is 0.523. The fourth-order valence-electron chi connectivity index (χ4n) is 1.86. The molecule has 0 spiro atoms. The number of hydrogen-bond donors (Lipinski definition) is 3. The van der Waals surface area contributed by atoms with Crippen LogP contribution in [0.5, 0.6) is 5.75 Å². The van der Waals surface area contributed by atoms with Crippen LogP contribution < -0.4 is 10.7 Å². The Kier molecular flexibility index (Phi) is 6.51. The topological polar surface area (TPSA) is 90.8 Å². The van der Waals surface area contributed by atoms with Gasteiger partial charge in [0, 0.05) is 23.0 Å². The number of hydrogen-bond acceptors (Lipinski definition) is 4. The molecule has 124 valence electrons. The molecule has 0 fully saturated rings. The minimum atomic E-state index is -0.339. The summed E-state index contributed by atoms with van der Waals surface area (Å²) in [4.78, 5) is 23.6. The second-order valence-corrected chi connectivity index (χ2v) is 5.69. The number of benzene rings is 2.